The van der Waals surface area contributed by atoms with Crippen LogP contribution in [-0.2, 0) is 9.53 Å². The summed E-state index contributed by atoms with van der Waals surface area (Å²) in [5.74, 6) is -0.274. The van der Waals surface area contributed by atoms with Crippen LogP contribution in [0.5, 0.6) is 0 Å². The normalized spacial score (nSPS) is 23.2. The maximum atomic E-state index is 11.1. The van der Waals surface area contributed by atoms with Crippen LogP contribution in [0.25, 0.3) is 0 Å². The maximum absolute atomic E-state index is 11.1. The summed E-state index contributed by atoms with van der Waals surface area (Å²) >= 11 is 0. The quantitative estimate of drug-likeness (QED) is 0.492. The Morgan fingerprint density at radius 3 is 2.92 bits per heavy atom. The van der Waals surface area contributed by atoms with Gasteiger partial charge in [0, 0.05) is 12.1 Å². The van der Waals surface area contributed by atoms with Gasteiger partial charge in [0.15, 0.2) is 0 Å². The highest BCUT2D eigenvalue weighted by molar-refractivity contribution is 5.87. The van der Waals surface area contributed by atoms with Crippen LogP contribution in [0.2, 0.25) is 0 Å². The van der Waals surface area contributed by atoms with Gasteiger partial charge in [0.05, 0.1) is 0 Å². The number of hydrogen-bond donors (Lipinski definition) is 1. The van der Waals surface area contributed by atoms with Gasteiger partial charge in [-0.3, -0.25) is 0 Å². The molecule has 1 fully saturated rings. The summed E-state index contributed by atoms with van der Waals surface area (Å²) in [5, 5.41) is 3.17. The Labute approximate surface area is 72.8 Å². The van der Waals surface area contributed by atoms with E-state index < -0.39 is 0 Å². The number of piperidine rings is 1. The average Bonchev–Trinajstić information content (AvgIpc) is 2.06. The third-order valence-electron chi connectivity index (χ3n) is 1.87. The average molecular weight is 169 g/mol. The monoisotopic (exact) mass is 169 g/mol. The fraction of sp³-hybridized carbons (Fsp3) is 0.667. The topological polar surface area (TPSA) is 38.3 Å². The van der Waals surface area contributed by atoms with Crippen molar-refractivity contribution >= 4 is 5.97 Å². The fourth-order valence-electron chi connectivity index (χ4n) is 1.17. The molecule has 0 radical (unpaired) electrons. The lowest BCUT2D eigenvalue weighted by Crippen LogP contribution is -2.36. The lowest BCUT2D eigenvalue weighted by Gasteiger charge is -2.22. The van der Waals surface area contributed by atoms with Gasteiger partial charge in [-0.25, -0.2) is 4.79 Å². The minimum Gasteiger partial charge on any atom is -0.458 e. The summed E-state index contributed by atoms with van der Waals surface area (Å²) in [6.07, 6.45) is 2.09. The molecule has 1 saturated heterocycles. The molecule has 1 aliphatic heterocycles. The first-order valence-electron chi connectivity index (χ1n) is 4.27. The molecular weight excluding hydrogens is 154 g/mol. The van der Waals surface area contributed by atoms with Crippen LogP contribution in [0.3, 0.4) is 0 Å². The summed E-state index contributed by atoms with van der Waals surface area (Å²) in [4.78, 5) is 11.1. The van der Waals surface area contributed by atoms with Crippen LogP contribution in [-0.4, -0.2) is 25.2 Å². The second kappa shape index (κ2) is 4.26. The molecule has 68 valence electrons. The van der Waals surface area contributed by atoms with Crippen LogP contribution in [0, 0.1) is 0 Å². The molecule has 3 nitrogen and oxygen atoms in total. The van der Waals surface area contributed by atoms with Crippen molar-refractivity contribution in [3.05, 3.63) is 12.2 Å². The zero-order chi connectivity index (χ0) is 8.97. The zero-order valence-electron chi connectivity index (χ0n) is 7.43. The second-order valence-corrected chi connectivity index (χ2v) is 3.15. The summed E-state index contributed by atoms with van der Waals surface area (Å²) in [7, 11) is 0. The predicted octanol–water partition coefficient (Wildman–Crippen LogP) is 0.858. The number of esters is 1. The summed E-state index contributed by atoms with van der Waals surface area (Å²) < 4.78 is 5.15. The molecule has 0 aliphatic carbocycles. The predicted molar refractivity (Wildman–Crippen MR) is 46.8 cm³/mol. The van der Waals surface area contributed by atoms with Crippen molar-refractivity contribution in [2.75, 3.05) is 13.1 Å². The smallest absolute Gasteiger partial charge is 0.333 e. The minimum absolute atomic E-state index is 0.0444. The highest BCUT2D eigenvalue weighted by Crippen LogP contribution is 2.07. The summed E-state index contributed by atoms with van der Waals surface area (Å²) in [6, 6.07) is 0. The van der Waals surface area contributed by atoms with E-state index in [1.807, 2.05) is 0 Å². The summed E-state index contributed by atoms with van der Waals surface area (Å²) in [6.45, 7) is 7.00. The molecule has 0 aromatic heterocycles. The van der Waals surface area contributed by atoms with Gasteiger partial charge in [-0.2, -0.15) is 0 Å². The number of nitrogens with one attached hydrogen (secondary N) is 1. The van der Waals surface area contributed by atoms with Gasteiger partial charge in [-0.15, -0.1) is 0 Å². The molecule has 1 unspecified atom stereocenters. The van der Waals surface area contributed by atoms with Gasteiger partial charge in [-0.1, -0.05) is 6.58 Å². The Bertz CT molecular complexity index is 183. The minimum atomic E-state index is -0.274. The highest BCUT2D eigenvalue weighted by atomic mass is 16.5. The van der Waals surface area contributed by atoms with Gasteiger partial charge < -0.3 is 10.1 Å². The van der Waals surface area contributed by atoms with Crippen molar-refractivity contribution < 1.29 is 9.53 Å². The molecule has 1 atom stereocenters. The maximum Gasteiger partial charge on any atom is 0.333 e. The zero-order valence-corrected chi connectivity index (χ0v) is 7.43. The Morgan fingerprint density at radius 2 is 2.42 bits per heavy atom. The van der Waals surface area contributed by atoms with Gasteiger partial charge in [0.2, 0.25) is 0 Å². The Balaban J connectivity index is 2.29. The first-order chi connectivity index (χ1) is 5.70. The first kappa shape index (κ1) is 9.26. The van der Waals surface area contributed by atoms with Gasteiger partial charge >= 0.3 is 5.97 Å². The van der Waals surface area contributed by atoms with E-state index in [0.717, 1.165) is 25.9 Å². The molecule has 1 rings (SSSR count). The highest BCUT2D eigenvalue weighted by Gasteiger charge is 2.17. The van der Waals surface area contributed by atoms with Crippen molar-refractivity contribution in [1.82, 2.24) is 5.32 Å². The molecule has 12 heavy (non-hydrogen) atoms. The number of rotatable bonds is 2. The molecule has 1 heterocycles. The van der Waals surface area contributed by atoms with Crippen molar-refractivity contribution in [2.24, 2.45) is 0 Å². The van der Waals surface area contributed by atoms with E-state index in [-0.39, 0.29) is 12.1 Å². The van der Waals surface area contributed by atoms with Gasteiger partial charge in [-0.05, 0) is 26.3 Å². The molecule has 0 bridgehead atoms. The van der Waals surface area contributed by atoms with Crippen molar-refractivity contribution in [2.45, 2.75) is 25.9 Å². The molecule has 0 aromatic rings. The molecular formula is C9H15NO2. The van der Waals surface area contributed by atoms with E-state index in [1.54, 1.807) is 6.92 Å². The van der Waals surface area contributed by atoms with Gasteiger partial charge in [0.25, 0.3) is 0 Å². The fourth-order valence-corrected chi connectivity index (χ4v) is 1.17. The van der Waals surface area contributed by atoms with Crippen LogP contribution in [0.1, 0.15) is 19.8 Å². The van der Waals surface area contributed by atoms with Crippen molar-refractivity contribution in [3.8, 4) is 0 Å². The Hall–Kier alpha value is -0.830. The van der Waals surface area contributed by atoms with E-state index in [1.165, 1.54) is 0 Å². The third-order valence-corrected chi connectivity index (χ3v) is 1.87. The lowest BCUT2D eigenvalue weighted by atomic mass is 10.1. The van der Waals surface area contributed by atoms with E-state index in [2.05, 4.69) is 11.9 Å². The number of carbonyl (C=O) groups excluding carboxylic acids is 1. The van der Waals surface area contributed by atoms with E-state index >= 15 is 0 Å². The van der Waals surface area contributed by atoms with E-state index in [0.29, 0.717) is 5.57 Å². The van der Waals surface area contributed by atoms with Crippen LogP contribution >= 0.6 is 0 Å². The van der Waals surface area contributed by atoms with E-state index in [4.69, 9.17) is 4.74 Å². The molecule has 0 spiro atoms. The number of ether oxygens (including phenoxy) is 1. The molecule has 0 aromatic carbocycles. The van der Waals surface area contributed by atoms with Crippen LogP contribution in [0.15, 0.2) is 12.2 Å². The van der Waals surface area contributed by atoms with Crippen molar-refractivity contribution in [3.63, 3.8) is 0 Å². The molecule has 0 saturated carbocycles. The third kappa shape index (κ3) is 2.66. The molecule has 0 amide bonds. The largest absolute Gasteiger partial charge is 0.458 e. The van der Waals surface area contributed by atoms with Crippen molar-refractivity contribution in [1.29, 1.82) is 0 Å². The second-order valence-electron chi connectivity index (χ2n) is 3.15. The van der Waals surface area contributed by atoms with Crippen LogP contribution in [0.4, 0.5) is 0 Å². The Kier molecular flexibility index (Phi) is 3.29. The first-order valence-corrected chi connectivity index (χ1v) is 4.27. The summed E-state index contributed by atoms with van der Waals surface area (Å²) in [5.41, 5.74) is 0.473. The molecule has 3 heteroatoms. The van der Waals surface area contributed by atoms with E-state index in [9.17, 15) is 4.79 Å². The standard InChI is InChI=1S/C9H15NO2/c1-7(2)9(11)12-8-4-3-5-10-6-8/h8,10H,1,3-6H2,2H3. The number of hydrogen-bond acceptors (Lipinski definition) is 3. The van der Waals surface area contributed by atoms with Gasteiger partial charge in [0.1, 0.15) is 6.10 Å². The molecule has 1 N–H and O–H groups in total. The Morgan fingerprint density at radius 1 is 1.67 bits per heavy atom. The molecule has 1 aliphatic rings. The van der Waals surface area contributed by atoms with Crippen LogP contribution < -0.4 is 5.32 Å². The SMILES string of the molecule is C=C(C)C(=O)OC1CCCNC1. The lowest BCUT2D eigenvalue weighted by molar-refractivity contribution is -0.144. The number of carbonyl (C=O) groups is 1.